The summed E-state index contributed by atoms with van der Waals surface area (Å²) in [5.74, 6) is 0. The molecular weight excluding hydrogens is 298 g/mol. The van der Waals surface area contributed by atoms with Gasteiger partial charge in [0.15, 0.2) is 0 Å². The molecule has 1 N–H and O–H groups in total. The molecule has 0 spiro atoms. The third-order valence-electron chi connectivity index (χ3n) is 2.75. The Bertz CT molecular complexity index is 433. The van der Waals surface area contributed by atoms with Crippen LogP contribution in [0.5, 0.6) is 0 Å². The highest BCUT2D eigenvalue weighted by Crippen LogP contribution is 2.30. The second-order valence-electron chi connectivity index (χ2n) is 4.63. The molecule has 0 saturated heterocycles. The lowest BCUT2D eigenvalue weighted by molar-refractivity contribution is -0.135. The average Bonchev–Trinajstić information content (AvgIpc) is 2.24. The molecule has 0 aliphatic heterocycles. The summed E-state index contributed by atoms with van der Waals surface area (Å²) in [5.41, 5.74) is 1.51. The fourth-order valence-corrected chi connectivity index (χ4v) is 2.14. The standard InChI is InChI=1S/C13H16Cl2F3N/c1-8-6-11(15)12(7-10(8)14)19-9(2)4-3-5-13(16,17)18/h6-7,9,19H,3-5H2,1-2H3. The van der Waals surface area contributed by atoms with Crippen molar-refractivity contribution >= 4 is 28.9 Å². The van der Waals surface area contributed by atoms with Gasteiger partial charge >= 0.3 is 6.18 Å². The second-order valence-corrected chi connectivity index (χ2v) is 5.45. The third kappa shape index (κ3) is 5.91. The van der Waals surface area contributed by atoms with Gasteiger partial charge in [0.25, 0.3) is 0 Å². The average molecular weight is 314 g/mol. The van der Waals surface area contributed by atoms with Crippen LogP contribution in [0.25, 0.3) is 0 Å². The molecule has 0 bridgehead atoms. The number of aryl methyl sites for hydroxylation is 1. The Morgan fingerprint density at radius 1 is 1.21 bits per heavy atom. The number of halogens is 5. The van der Waals surface area contributed by atoms with Crippen LogP contribution >= 0.6 is 23.2 Å². The maximum Gasteiger partial charge on any atom is 0.389 e. The summed E-state index contributed by atoms with van der Waals surface area (Å²) in [4.78, 5) is 0. The van der Waals surface area contributed by atoms with Gasteiger partial charge in [-0.05, 0) is 44.4 Å². The van der Waals surface area contributed by atoms with E-state index in [4.69, 9.17) is 23.2 Å². The summed E-state index contributed by atoms with van der Waals surface area (Å²) in [7, 11) is 0. The largest absolute Gasteiger partial charge is 0.389 e. The van der Waals surface area contributed by atoms with Crippen molar-refractivity contribution in [3.05, 3.63) is 27.7 Å². The number of hydrogen-bond donors (Lipinski definition) is 1. The molecule has 1 rings (SSSR count). The van der Waals surface area contributed by atoms with Crippen molar-refractivity contribution in [1.29, 1.82) is 0 Å². The zero-order valence-electron chi connectivity index (χ0n) is 10.7. The quantitative estimate of drug-likeness (QED) is 0.720. The van der Waals surface area contributed by atoms with Crippen LogP contribution in [0.1, 0.15) is 31.7 Å². The predicted molar refractivity (Wildman–Crippen MR) is 74.2 cm³/mol. The Hall–Kier alpha value is -0.610. The van der Waals surface area contributed by atoms with E-state index in [2.05, 4.69) is 5.32 Å². The van der Waals surface area contributed by atoms with Crippen LogP contribution < -0.4 is 5.32 Å². The predicted octanol–water partition coefficient (Wildman–Crippen LogP) is 5.83. The summed E-state index contributed by atoms with van der Waals surface area (Å²) in [5, 5.41) is 4.18. The maximum absolute atomic E-state index is 12.0. The van der Waals surface area contributed by atoms with E-state index in [9.17, 15) is 13.2 Å². The van der Waals surface area contributed by atoms with Crippen molar-refractivity contribution in [3.8, 4) is 0 Å². The lowest BCUT2D eigenvalue weighted by atomic mass is 10.1. The molecule has 0 heterocycles. The molecule has 0 aliphatic carbocycles. The molecule has 0 fully saturated rings. The minimum atomic E-state index is -4.09. The van der Waals surface area contributed by atoms with Crippen LogP contribution in [0.4, 0.5) is 18.9 Å². The Kier molecular flexibility index (Phi) is 5.81. The van der Waals surface area contributed by atoms with E-state index in [0.717, 1.165) is 5.56 Å². The smallest absolute Gasteiger partial charge is 0.381 e. The van der Waals surface area contributed by atoms with Gasteiger partial charge in [0.2, 0.25) is 0 Å². The minimum Gasteiger partial charge on any atom is -0.381 e. The highest BCUT2D eigenvalue weighted by atomic mass is 35.5. The maximum atomic E-state index is 12.0. The summed E-state index contributed by atoms with van der Waals surface area (Å²) < 4.78 is 36.1. The monoisotopic (exact) mass is 313 g/mol. The van der Waals surface area contributed by atoms with Gasteiger partial charge < -0.3 is 5.32 Å². The van der Waals surface area contributed by atoms with Crippen molar-refractivity contribution in [2.75, 3.05) is 5.32 Å². The molecule has 0 saturated carbocycles. The molecule has 1 aromatic rings. The van der Waals surface area contributed by atoms with E-state index in [-0.39, 0.29) is 12.5 Å². The number of nitrogens with one attached hydrogen (secondary N) is 1. The van der Waals surface area contributed by atoms with Gasteiger partial charge in [-0.1, -0.05) is 23.2 Å². The van der Waals surface area contributed by atoms with Crippen molar-refractivity contribution in [3.63, 3.8) is 0 Å². The second kappa shape index (κ2) is 6.71. The molecule has 1 nitrogen and oxygen atoms in total. The van der Waals surface area contributed by atoms with Crippen LogP contribution in [0, 0.1) is 6.92 Å². The lowest BCUT2D eigenvalue weighted by Gasteiger charge is -2.17. The lowest BCUT2D eigenvalue weighted by Crippen LogP contribution is -2.17. The van der Waals surface area contributed by atoms with E-state index < -0.39 is 12.6 Å². The zero-order chi connectivity index (χ0) is 14.6. The summed E-state index contributed by atoms with van der Waals surface area (Å²) in [6, 6.07) is 3.33. The topological polar surface area (TPSA) is 12.0 Å². The van der Waals surface area contributed by atoms with Crippen LogP contribution in [0.2, 0.25) is 10.0 Å². The van der Waals surface area contributed by atoms with E-state index in [1.165, 1.54) is 0 Å². The number of rotatable bonds is 5. The number of benzene rings is 1. The van der Waals surface area contributed by atoms with Crippen LogP contribution in [-0.4, -0.2) is 12.2 Å². The Labute approximate surface area is 121 Å². The molecule has 0 aliphatic rings. The van der Waals surface area contributed by atoms with Crippen LogP contribution in [-0.2, 0) is 0 Å². The number of alkyl halides is 3. The van der Waals surface area contributed by atoms with Gasteiger partial charge in [-0.3, -0.25) is 0 Å². The first-order chi connectivity index (χ1) is 8.69. The molecule has 1 unspecified atom stereocenters. The van der Waals surface area contributed by atoms with Crippen LogP contribution in [0.3, 0.4) is 0 Å². The normalized spacial score (nSPS) is 13.4. The summed E-state index contributed by atoms with van der Waals surface area (Å²) in [6.45, 7) is 3.66. The SMILES string of the molecule is Cc1cc(Cl)c(NC(C)CCCC(F)(F)F)cc1Cl. The van der Waals surface area contributed by atoms with Crippen molar-refractivity contribution < 1.29 is 13.2 Å². The Morgan fingerprint density at radius 3 is 2.42 bits per heavy atom. The molecule has 0 amide bonds. The molecule has 0 aromatic heterocycles. The van der Waals surface area contributed by atoms with Gasteiger partial charge in [0, 0.05) is 17.5 Å². The highest BCUT2D eigenvalue weighted by molar-refractivity contribution is 6.35. The van der Waals surface area contributed by atoms with E-state index in [0.29, 0.717) is 22.2 Å². The summed E-state index contributed by atoms with van der Waals surface area (Å²) in [6.07, 6.45) is -4.35. The first-order valence-corrected chi connectivity index (χ1v) is 6.73. The fourth-order valence-electron chi connectivity index (χ4n) is 1.70. The van der Waals surface area contributed by atoms with Crippen molar-refractivity contribution in [2.24, 2.45) is 0 Å². The Morgan fingerprint density at radius 2 is 1.84 bits per heavy atom. The van der Waals surface area contributed by atoms with E-state index in [1.807, 2.05) is 13.8 Å². The minimum absolute atomic E-state index is 0.0921. The Balaban J connectivity index is 2.53. The van der Waals surface area contributed by atoms with Gasteiger partial charge in [-0.2, -0.15) is 13.2 Å². The highest BCUT2D eigenvalue weighted by Gasteiger charge is 2.26. The van der Waals surface area contributed by atoms with E-state index >= 15 is 0 Å². The fraction of sp³-hybridized carbons (Fsp3) is 0.538. The first kappa shape index (κ1) is 16.4. The number of anilines is 1. The van der Waals surface area contributed by atoms with Gasteiger partial charge in [-0.15, -0.1) is 0 Å². The van der Waals surface area contributed by atoms with Gasteiger partial charge in [0.05, 0.1) is 10.7 Å². The van der Waals surface area contributed by atoms with E-state index in [1.54, 1.807) is 12.1 Å². The zero-order valence-corrected chi connectivity index (χ0v) is 12.3. The molecule has 6 heteroatoms. The van der Waals surface area contributed by atoms with Crippen molar-refractivity contribution in [1.82, 2.24) is 0 Å². The van der Waals surface area contributed by atoms with Crippen LogP contribution in [0.15, 0.2) is 12.1 Å². The molecule has 108 valence electrons. The van der Waals surface area contributed by atoms with Gasteiger partial charge in [-0.25, -0.2) is 0 Å². The molecule has 0 radical (unpaired) electrons. The molecule has 19 heavy (non-hydrogen) atoms. The molecule has 1 atom stereocenters. The number of hydrogen-bond acceptors (Lipinski definition) is 1. The van der Waals surface area contributed by atoms with Crippen molar-refractivity contribution in [2.45, 2.75) is 45.3 Å². The summed E-state index contributed by atoms with van der Waals surface area (Å²) >= 11 is 12.0. The third-order valence-corrected chi connectivity index (χ3v) is 3.47. The van der Waals surface area contributed by atoms with Gasteiger partial charge in [0.1, 0.15) is 0 Å². The molecule has 1 aromatic carbocycles. The molecular formula is C13H16Cl2F3N. The first-order valence-electron chi connectivity index (χ1n) is 5.98.